The van der Waals surface area contributed by atoms with Crippen LogP contribution in [0.15, 0.2) is 182 Å². The maximum Gasteiger partial charge on any atom is 0.416 e. The number of hydrogen-bond acceptors (Lipinski definition) is 3. The van der Waals surface area contributed by atoms with E-state index in [-0.39, 0.29) is 17.0 Å². The number of hydrogen-bond donors (Lipinski definition) is 0. The first-order chi connectivity index (χ1) is 31.3. The SMILES string of the molecule is Cc1cc(C)cc(-c2ccc3c(c2)c2ccccc2n3-c2c(-c3cccc(C(F)(F)F)c3)cc(-c3nc(-c4ccccc4)nc(-c4ccccc4)n3)cc2-c2cccc(C(F)(F)F)c2)c1. The Kier molecular flexibility index (Phi) is 10.2. The molecular formula is C55H36F6N4. The normalized spacial score (nSPS) is 12.0. The minimum atomic E-state index is -4.70. The van der Waals surface area contributed by atoms with Gasteiger partial charge in [-0.3, -0.25) is 0 Å². The van der Waals surface area contributed by atoms with Gasteiger partial charge in [0, 0.05) is 38.6 Å². The molecule has 0 atom stereocenters. The second kappa shape index (κ2) is 16.1. The molecule has 0 bridgehead atoms. The molecule has 10 aromatic rings. The Bertz CT molecular complexity index is 3270. The van der Waals surface area contributed by atoms with Crippen molar-refractivity contribution in [2.75, 3.05) is 0 Å². The number of halogens is 6. The molecule has 2 aromatic heterocycles. The van der Waals surface area contributed by atoms with Crippen molar-refractivity contribution < 1.29 is 26.3 Å². The second-order valence-corrected chi connectivity index (χ2v) is 16.1. The van der Waals surface area contributed by atoms with E-state index < -0.39 is 23.5 Å². The van der Waals surface area contributed by atoms with Crippen molar-refractivity contribution in [2.45, 2.75) is 26.2 Å². The number of rotatable bonds is 7. The molecule has 0 N–H and O–H groups in total. The number of benzene rings is 8. The van der Waals surface area contributed by atoms with E-state index >= 15 is 0 Å². The fourth-order valence-corrected chi connectivity index (χ4v) is 8.64. The standard InChI is InChI=1S/C55H36F6N4/c1-33-25-34(2)27-40(26-33)37-23-24-49-47(30-37)44-21-9-10-22-48(44)65(49)50-45(38-17-11-19-42(28-38)54(56,57)58)31-41(32-46(50)39-18-12-20-43(29-39)55(59,60)61)53-63-51(35-13-5-3-6-14-35)62-52(64-53)36-15-7-4-8-16-36/h3-32H,1-2H3. The van der Waals surface area contributed by atoms with Crippen LogP contribution in [-0.4, -0.2) is 19.5 Å². The fraction of sp³-hybridized carbons (Fsp3) is 0.0727. The van der Waals surface area contributed by atoms with Crippen LogP contribution in [0.5, 0.6) is 0 Å². The number of aromatic nitrogens is 4. The molecule has 318 valence electrons. The molecule has 0 aliphatic carbocycles. The highest BCUT2D eigenvalue weighted by molar-refractivity contribution is 6.12. The van der Waals surface area contributed by atoms with Crippen LogP contribution in [0, 0.1) is 13.8 Å². The zero-order valence-corrected chi connectivity index (χ0v) is 34.9. The zero-order valence-electron chi connectivity index (χ0n) is 34.9. The van der Waals surface area contributed by atoms with E-state index in [0.29, 0.717) is 56.2 Å². The topological polar surface area (TPSA) is 43.6 Å². The van der Waals surface area contributed by atoms with Crippen LogP contribution in [0.2, 0.25) is 0 Å². The average Bonchev–Trinajstić information content (AvgIpc) is 3.64. The van der Waals surface area contributed by atoms with Gasteiger partial charge in [0.2, 0.25) is 0 Å². The third-order valence-corrected chi connectivity index (χ3v) is 11.5. The number of fused-ring (bicyclic) bond motifs is 3. The molecule has 2 heterocycles. The Labute approximate surface area is 370 Å². The molecule has 0 saturated carbocycles. The minimum absolute atomic E-state index is 0.172. The maximum atomic E-state index is 14.6. The number of aryl methyl sites for hydroxylation is 2. The highest BCUT2D eigenvalue weighted by Gasteiger charge is 2.33. The first kappa shape index (κ1) is 41.2. The van der Waals surface area contributed by atoms with Crippen molar-refractivity contribution in [3.63, 3.8) is 0 Å². The molecule has 0 saturated heterocycles. The van der Waals surface area contributed by atoms with Gasteiger partial charge < -0.3 is 4.57 Å². The molecule has 0 spiro atoms. The first-order valence-electron chi connectivity index (χ1n) is 20.8. The van der Waals surface area contributed by atoms with E-state index in [2.05, 4.69) is 24.3 Å². The van der Waals surface area contributed by atoms with Crippen LogP contribution >= 0.6 is 0 Å². The van der Waals surface area contributed by atoms with Crippen molar-refractivity contribution in [3.8, 4) is 73.2 Å². The van der Waals surface area contributed by atoms with Crippen molar-refractivity contribution in [1.29, 1.82) is 0 Å². The van der Waals surface area contributed by atoms with Crippen LogP contribution in [0.25, 0.3) is 95.0 Å². The van der Waals surface area contributed by atoms with Crippen molar-refractivity contribution in [2.24, 2.45) is 0 Å². The maximum absolute atomic E-state index is 14.6. The smallest absolute Gasteiger partial charge is 0.308 e. The van der Waals surface area contributed by atoms with Crippen molar-refractivity contribution in [3.05, 3.63) is 204 Å². The Hall–Kier alpha value is -7.85. The summed E-state index contributed by atoms with van der Waals surface area (Å²) in [4.78, 5) is 14.7. The van der Waals surface area contributed by atoms with Gasteiger partial charge in [-0.15, -0.1) is 0 Å². The fourth-order valence-electron chi connectivity index (χ4n) is 8.64. The summed E-state index contributed by atoms with van der Waals surface area (Å²) >= 11 is 0. The molecule has 0 unspecified atom stereocenters. The summed E-state index contributed by atoms with van der Waals surface area (Å²) in [5.74, 6) is 0.842. The summed E-state index contributed by atoms with van der Waals surface area (Å²) in [5, 5.41) is 1.70. The monoisotopic (exact) mass is 866 g/mol. The Morgan fingerprint density at radius 3 is 1.34 bits per heavy atom. The Morgan fingerprint density at radius 2 is 0.815 bits per heavy atom. The number of para-hydroxylation sites is 1. The van der Waals surface area contributed by atoms with Gasteiger partial charge in [-0.05, 0) is 90.7 Å². The predicted octanol–water partition coefficient (Wildman–Crippen LogP) is 15.6. The molecule has 10 rings (SSSR count). The van der Waals surface area contributed by atoms with Gasteiger partial charge in [-0.1, -0.05) is 139 Å². The lowest BCUT2D eigenvalue weighted by Gasteiger charge is -2.22. The molecule has 65 heavy (non-hydrogen) atoms. The predicted molar refractivity (Wildman–Crippen MR) is 246 cm³/mol. The molecule has 0 aliphatic rings. The quantitative estimate of drug-likeness (QED) is 0.150. The van der Waals surface area contributed by atoms with Crippen LogP contribution in [0.1, 0.15) is 22.3 Å². The molecule has 0 fully saturated rings. The van der Waals surface area contributed by atoms with Gasteiger partial charge in [0.15, 0.2) is 17.5 Å². The lowest BCUT2D eigenvalue weighted by molar-refractivity contribution is -0.138. The molecule has 0 aliphatic heterocycles. The number of nitrogens with zero attached hydrogens (tertiary/aromatic N) is 4. The Balaban J connectivity index is 1.34. The van der Waals surface area contributed by atoms with E-state index in [1.807, 2.05) is 115 Å². The molecule has 8 aromatic carbocycles. The van der Waals surface area contributed by atoms with Crippen LogP contribution in [0.4, 0.5) is 26.3 Å². The lowest BCUT2D eigenvalue weighted by atomic mass is 9.91. The summed E-state index contributed by atoms with van der Waals surface area (Å²) in [6.07, 6.45) is -9.39. The third kappa shape index (κ3) is 7.92. The van der Waals surface area contributed by atoms with E-state index in [4.69, 9.17) is 15.0 Å². The van der Waals surface area contributed by atoms with Crippen molar-refractivity contribution >= 4 is 21.8 Å². The van der Waals surface area contributed by atoms with Gasteiger partial charge >= 0.3 is 12.4 Å². The largest absolute Gasteiger partial charge is 0.416 e. The second-order valence-electron chi connectivity index (χ2n) is 16.1. The highest BCUT2D eigenvalue weighted by atomic mass is 19.4. The summed E-state index contributed by atoms with van der Waals surface area (Å²) in [6.45, 7) is 4.08. The number of alkyl halides is 6. The molecule has 0 amide bonds. The molecular weight excluding hydrogens is 831 g/mol. The summed E-state index contributed by atoms with van der Waals surface area (Å²) in [6, 6.07) is 52.0. The third-order valence-electron chi connectivity index (χ3n) is 11.5. The molecule has 10 heteroatoms. The van der Waals surface area contributed by atoms with Crippen LogP contribution < -0.4 is 0 Å². The van der Waals surface area contributed by atoms with Crippen LogP contribution in [0.3, 0.4) is 0 Å². The van der Waals surface area contributed by atoms with E-state index in [0.717, 1.165) is 57.3 Å². The molecule has 4 nitrogen and oxygen atoms in total. The van der Waals surface area contributed by atoms with Gasteiger partial charge in [0.05, 0.1) is 27.8 Å². The lowest BCUT2D eigenvalue weighted by Crippen LogP contribution is -2.07. The summed E-state index contributed by atoms with van der Waals surface area (Å²) < 4.78 is 89.7. The minimum Gasteiger partial charge on any atom is -0.308 e. The van der Waals surface area contributed by atoms with Gasteiger partial charge in [-0.25, -0.2) is 15.0 Å². The van der Waals surface area contributed by atoms with E-state index in [1.165, 1.54) is 12.1 Å². The average molecular weight is 867 g/mol. The molecule has 0 radical (unpaired) electrons. The first-order valence-corrected chi connectivity index (χ1v) is 20.8. The van der Waals surface area contributed by atoms with Gasteiger partial charge in [-0.2, -0.15) is 26.3 Å². The van der Waals surface area contributed by atoms with Crippen molar-refractivity contribution in [1.82, 2.24) is 19.5 Å². The van der Waals surface area contributed by atoms with E-state index in [9.17, 15) is 26.3 Å². The Morgan fingerprint density at radius 1 is 0.354 bits per heavy atom. The zero-order chi connectivity index (χ0) is 45.0. The summed E-state index contributed by atoms with van der Waals surface area (Å²) in [7, 11) is 0. The van der Waals surface area contributed by atoms with Gasteiger partial charge in [0.25, 0.3) is 0 Å². The van der Waals surface area contributed by atoms with E-state index in [1.54, 1.807) is 24.3 Å². The van der Waals surface area contributed by atoms with Crippen LogP contribution in [-0.2, 0) is 12.4 Å². The van der Waals surface area contributed by atoms with Gasteiger partial charge in [0.1, 0.15) is 0 Å². The highest BCUT2D eigenvalue weighted by Crippen LogP contribution is 2.46. The summed E-state index contributed by atoms with van der Waals surface area (Å²) in [5.41, 5.74) is 6.89.